The van der Waals surface area contributed by atoms with Crippen LogP contribution in [0.15, 0.2) is 53.7 Å². The molecule has 1 N–H and O–H groups in total. The molecule has 4 aromatic rings. The number of imidazole rings is 1. The Balaban J connectivity index is 1.44. The van der Waals surface area contributed by atoms with Gasteiger partial charge in [0.1, 0.15) is 11.4 Å². The molecule has 9 nitrogen and oxygen atoms in total. The van der Waals surface area contributed by atoms with E-state index in [-0.39, 0.29) is 6.04 Å². The Morgan fingerprint density at radius 1 is 1.21 bits per heavy atom. The predicted molar refractivity (Wildman–Crippen MR) is 103 cm³/mol. The Hall–Kier alpha value is -3.59. The van der Waals surface area contributed by atoms with Crippen LogP contribution in [-0.4, -0.2) is 42.1 Å². The van der Waals surface area contributed by atoms with Gasteiger partial charge in [0.25, 0.3) is 0 Å². The van der Waals surface area contributed by atoms with Gasteiger partial charge in [-0.1, -0.05) is 17.3 Å². The predicted octanol–water partition coefficient (Wildman–Crippen LogP) is 2.56. The molecule has 4 heterocycles. The highest BCUT2D eigenvalue weighted by Gasteiger charge is 2.33. The van der Waals surface area contributed by atoms with E-state index in [4.69, 9.17) is 9.26 Å². The van der Waals surface area contributed by atoms with Crippen molar-refractivity contribution in [2.45, 2.75) is 25.6 Å². The minimum absolute atomic E-state index is 0.0779. The average Bonchev–Trinajstić information content (AvgIpc) is 3.44. The van der Waals surface area contributed by atoms with Crippen molar-refractivity contribution >= 4 is 0 Å². The van der Waals surface area contributed by atoms with Crippen molar-refractivity contribution in [3.05, 3.63) is 72.0 Å². The van der Waals surface area contributed by atoms with Crippen molar-refractivity contribution in [2.24, 2.45) is 0 Å². The smallest absolute Gasteiger partial charge is 0.244 e. The van der Waals surface area contributed by atoms with E-state index in [1.54, 1.807) is 32.0 Å². The first-order valence-electron chi connectivity index (χ1n) is 9.28. The molecule has 0 fully saturated rings. The van der Waals surface area contributed by atoms with Crippen molar-refractivity contribution in [1.82, 2.24) is 35.0 Å². The Morgan fingerprint density at radius 2 is 2.10 bits per heavy atom. The van der Waals surface area contributed by atoms with Gasteiger partial charge in [-0.3, -0.25) is 9.88 Å². The van der Waals surface area contributed by atoms with Crippen LogP contribution in [0.25, 0.3) is 11.5 Å². The molecule has 0 aliphatic carbocycles. The van der Waals surface area contributed by atoms with Crippen LogP contribution in [0.2, 0.25) is 0 Å². The molecule has 1 unspecified atom stereocenters. The summed E-state index contributed by atoms with van der Waals surface area (Å²) in [5, 5.41) is 4.11. The maximum atomic E-state index is 5.63. The molecule has 0 bridgehead atoms. The van der Waals surface area contributed by atoms with Crippen molar-refractivity contribution < 1.29 is 9.26 Å². The van der Waals surface area contributed by atoms with Crippen molar-refractivity contribution in [3.63, 3.8) is 0 Å². The van der Waals surface area contributed by atoms with E-state index in [1.165, 1.54) is 5.56 Å². The van der Waals surface area contributed by atoms with Gasteiger partial charge >= 0.3 is 0 Å². The number of nitrogens with zero attached hydrogens (tertiary/aromatic N) is 6. The van der Waals surface area contributed by atoms with Crippen molar-refractivity contribution in [3.8, 4) is 17.3 Å². The van der Waals surface area contributed by atoms with Crippen LogP contribution in [0.5, 0.6) is 5.75 Å². The summed E-state index contributed by atoms with van der Waals surface area (Å²) in [6.45, 7) is 1.45. The molecule has 5 rings (SSSR count). The largest absolute Gasteiger partial charge is 0.497 e. The van der Waals surface area contributed by atoms with Crippen LogP contribution in [0.3, 0.4) is 0 Å². The lowest BCUT2D eigenvalue weighted by atomic mass is 10.0. The second kappa shape index (κ2) is 7.44. The molecule has 146 valence electrons. The zero-order chi connectivity index (χ0) is 19.6. The first-order chi connectivity index (χ1) is 14.3. The van der Waals surface area contributed by atoms with Gasteiger partial charge in [0.2, 0.25) is 11.7 Å². The fourth-order valence-corrected chi connectivity index (χ4v) is 3.55. The number of fused-ring (bicyclic) bond motifs is 1. The Bertz CT molecular complexity index is 1090. The molecule has 29 heavy (non-hydrogen) atoms. The van der Waals surface area contributed by atoms with Crippen LogP contribution in [0, 0.1) is 0 Å². The lowest BCUT2D eigenvalue weighted by molar-refractivity contribution is 0.128. The topological polar surface area (TPSA) is 106 Å². The normalized spacial score (nSPS) is 16.5. The molecule has 9 heteroatoms. The molecule has 0 spiro atoms. The van der Waals surface area contributed by atoms with E-state index >= 15 is 0 Å². The van der Waals surface area contributed by atoms with E-state index in [2.05, 4.69) is 47.1 Å². The van der Waals surface area contributed by atoms with E-state index in [1.807, 2.05) is 12.1 Å². The molecule has 1 aliphatic rings. The third-order valence-electron chi connectivity index (χ3n) is 5.06. The molecule has 0 saturated carbocycles. The van der Waals surface area contributed by atoms with Gasteiger partial charge in [0.15, 0.2) is 0 Å². The zero-order valence-electron chi connectivity index (χ0n) is 15.8. The fraction of sp³-hybridized carbons (Fsp3) is 0.250. The first-order valence-corrected chi connectivity index (χ1v) is 9.28. The zero-order valence-corrected chi connectivity index (χ0v) is 15.8. The number of ether oxygens (including phenoxy) is 1. The molecule has 0 amide bonds. The summed E-state index contributed by atoms with van der Waals surface area (Å²) in [5.41, 5.74) is 3.90. The van der Waals surface area contributed by atoms with Gasteiger partial charge in [0.05, 0.1) is 37.1 Å². The number of benzene rings is 1. The van der Waals surface area contributed by atoms with Crippen molar-refractivity contribution in [2.75, 3.05) is 7.11 Å². The van der Waals surface area contributed by atoms with Crippen molar-refractivity contribution in [1.29, 1.82) is 0 Å². The number of methoxy groups -OCH3 is 1. The molecule has 1 atom stereocenters. The summed E-state index contributed by atoms with van der Waals surface area (Å²) >= 11 is 0. The highest BCUT2D eigenvalue weighted by atomic mass is 16.5. The van der Waals surface area contributed by atoms with Crippen LogP contribution in [-0.2, 0) is 19.5 Å². The van der Waals surface area contributed by atoms with Crippen LogP contribution >= 0.6 is 0 Å². The maximum absolute atomic E-state index is 5.63. The lowest BCUT2D eigenvalue weighted by Gasteiger charge is -2.32. The van der Waals surface area contributed by atoms with Gasteiger partial charge in [-0.05, 0) is 17.7 Å². The molecular formula is C20H19N7O2. The third-order valence-corrected chi connectivity index (χ3v) is 5.06. The summed E-state index contributed by atoms with van der Waals surface area (Å²) in [6.07, 6.45) is 7.27. The molecule has 3 aromatic heterocycles. The maximum Gasteiger partial charge on any atom is 0.244 e. The van der Waals surface area contributed by atoms with Crippen LogP contribution in [0.4, 0.5) is 0 Å². The van der Waals surface area contributed by atoms with Crippen LogP contribution in [0.1, 0.15) is 28.9 Å². The summed E-state index contributed by atoms with van der Waals surface area (Å²) in [7, 11) is 1.67. The van der Waals surface area contributed by atoms with Gasteiger partial charge < -0.3 is 14.2 Å². The molecule has 0 saturated heterocycles. The van der Waals surface area contributed by atoms with Gasteiger partial charge in [-0.25, -0.2) is 9.97 Å². The first kappa shape index (κ1) is 17.5. The second-order valence-electron chi connectivity index (χ2n) is 6.85. The number of H-pyrrole nitrogens is 1. The van der Waals surface area contributed by atoms with E-state index in [0.29, 0.717) is 23.8 Å². The minimum atomic E-state index is -0.0779. The highest BCUT2D eigenvalue weighted by molar-refractivity contribution is 5.45. The summed E-state index contributed by atoms with van der Waals surface area (Å²) in [4.78, 5) is 22.9. The highest BCUT2D eigenvalue weighted by Crippen LogP contribution is 2.33. The lowest BCUT2D eigenvalue weighted by Crippen LogP contribution is -2.34. The van der Waals surface area contributed by atoms with Crippen LogP contribution < -0.4 is 4.74 Å². The summed E-state index contributed by atoms with van der Waals surface area (Å²) in [6, 6.07) is 7.99. The molecule has 1 aromatic carbocycles. The third kappa shape index (κ3) is 3.47. The number of aromatic amines is 1. The standard InChI is InChI=1S/C20H19N7O2/c1-28-14-4-2-13(3-5-14)10-27-11-17-15(23-12-24-17)8-18(27)20-25-19(26-29-20)16-9-21-6-7-22-16/h2-7,9,12,18H,8,10-11H2,1H3,(H,23,24). The Morgan fingerprint density at radius 3 is 2.90 bits per heavy atom. The summed E-state index contributed by atoms with van der Waals surface area (Å²) < 4.78 is 10.9. The van der Waals surface area contributed by atoms with Gasteiger partial charge in [0, 0.05) is 31.9 Å². The minimum Gasteiger partial charge on any atom is -0.497 e. The van der Waals surface area contributed by atoms with E-state index in [9.17, 15) is 0 Å². The number of hydrogen-bond donors (Lipinski definition) is 1. The quantitative estimate of drug-likeness (QED) is 0.555. The molecular weight excluding hydrogens is 370 g/mol. The fourth-order valence-electron chi connectivity index (χ4n) is 3.55. The average molecular weight is 389 g/mol. The molecule has 1 aliphatic heterocycles. The SMILES string of the molecule is COc1ccc(CN2Cc3[nH]cnc3CC2c2nc(-c3cnccn3)no2)cc1. The monoisotopic (exact) mass is 389 g/mol. The summed E-state index contributed by atoms with van der Waals surface area (Å²) in [5.74, 6) is 1.82. The van der Waals surface area contributed by atoms with Gasteiger partial charge in [-0.15, -0.1) is 0 Å². The molecule has 0 radical (unpaired) electrons. The van der Waals surface area contributed by atoms with E-state index in [0.717, 1.165) is 30.2 Å². The van der Waals surface area contributed by atoms with Gasteiger partial charge in [-0.2, -0.15) is 4.98 Å². The number of aromatic nitrogens is 6. The Kier molecular flexibility index (Phi) is 4.49. The Labute approximate surface area is 166 Å². The van der Waals surface area contributed by atoms with E-state index < -0.39 is 0 Å². The second-order valence-corrected chi connectivity index (χ2v) is 6.85. The number of rotatable bonds is 5. The number of nitrogens with one attached hydrogen (secondary N) is 1. The number of hydrogen-bond acceptors (Lipinski definition) is 8.